The monoisotopic (exact) mass is 269 g/mol. The number of thiophene rings is 1. The Balaban J connectivity index is 2.42. The molecule has 3 nitrogen and oxygen atoms in total. The van der Waals surface area contributed by atoms with Gasteiger partial charge in [0, 0.05) is 22.7 Å². The summed E-state index contributed by atoms with van der Waals surface area (Å²) in [6.45, 7) is 8.40. The molecule has 0 bridgehead atoms. The molecule has 0 fully saturated rings. The second-order valence-electron chi connectivity index (χ2n) is 5.75. The molecular formula is C14H23NO2S. The average molecular weight is 269 g/mol. The standard InChI is InChI=1S/C14H23NO2S/c1-14(2,3)12-8-7-11(18-12)10-15(4)9-5-6-13(16)17/h7-8H,5-6,9-10H2,1-4H3,(H,16,17). The van der Waals surface area contributed by atoms with Gasteiger partial charge in [-0.2, -0.15) is 0 Å². The summed E-state index contributed by atoms with van der Waals surface area (Å²) in [4.78, 5) is 15.4. The molecule has 4 heteroatoms. The van der Waals surface area contributed by atoms with E-state index in [1.165, 1.54) is 9.75 Å². The number of carboxylic acids is 1. The zero-order valence-electron chi connectivity index (χ0n) is 11.7. The molecule has 1 aromatic rings. The zero-order valence-corrected chi connectivity index (χ0v) is 12.5. The van der Waals surface area contributed by atoms with Gasteiger partial charge in [-0.1, -0.05) is 20.8 Å². The first kappa shape index (κ1) is 15.2. The highest BCUT2D eigenvalue weighted by atomic mass is 32.1. The summed E-state index contributed by atoms with van der Waals surface area (Å²) >= 11 is 1.85. The van der Waals surface area contributed by atoms with Crippen molar-refractivity contribution in [2.75, 3.05) is 13.6 Å². The van der Waals surface area contributed by atoms with Crippen LogP contribution in [0.15, 0.2) is 12.1 Å². The number of carboxylic acid groups (broad SMARTS) is 1. The fourth-order valence-electron chi connectivity index (χ4n) is 1.71. The Morgan fingerprint density at radius 1 is 1.39 bits per heavy atom. The third-order valence-electron chi connectivity index (χ3n) is 2.76. The third-order valence-corrected chi connectivity index (χ3v) is 4.25. The molecule has 0 saturated carbocycles. The van der Waals surface area contributed by atoms with Crippen molar-refractivity contribution in [3.8, 4) is 0 Å². The molecule has 18 heavy (non-hydrogen) atoms. The number of hydrogen-bond acceptors (Lipinski definition) is 3. The smallest absolute Gasteiger partial charge is 0.303 e. The van der Waals surface area contributed by atoms with Gasteiger partial charge in [-0.05, 0) is 37.6 Å². The Morgan fingerprint density at radius 3 is 2.56 bits per heavy atom. The first-order valence-corrected chi connectivity index (χ1v) is 7.10. The maximum Gasteiger partial charge on any atom is 0.303 e. The quantitative estimate of drug-likeness (QED) is 0.861. The van der Waals surface area contributed by atoms with Crippen LogP contribution in [0.5, 0.6) is 0 Å². The van der Waals surface area contributed by atoms with Crippen LogP contribution in [0.3, 0.4) is 0 Å². The summed E-state index contributed by atoms with van der Waals surface area (Å²) in [5.74, 6) is -0.713. The van der Waals surface area contributed by atoms with Crippen molar-refractivity contribution in [2.45, 2.75) is 45.6 Å². The SMILES string of the molecule is CN(CCCC(=O)O)Cc1ccc(C(C)(C)C)s1. The second kappa shape index (κ2) is 6.34. The number of aliphatic carboxylic acids is 1. The Labute approximate surface area is 113 Å². The van der Waals surface area contributed by atoms with Gasteiger partial charge in [0.05, 0.1) is 0 Å². The van der Waals surface area contributed by atoms with Gasteiger partial charge in [0.1, 0.15) is 0 Å². The highest BCUT2D eigenvalue weighted by molar-refractivity contribution is 7.12. The first-order chi connectivity index (χ1) is 8.29. The molecular weight excluding hydrogens is 246 g/mol. The van der Waals surface area contributed by atoms with Crippen LogP contribution < -0.4 is 0 Å². The molecule has 0 radical (unpaired) electrons. The Bertz CT molecular complexity index is 393. The van der Waals surface area contributed by atoms with Crippen LogP contribution in [0.4, 0.5) is 0 Å². The zero-order chi connectivity index (χ0) is 13.8. The van der Waals surface area contributed by atoms with E-state index < -0.39 is 5.97 Å². The molecule has 0 spiro atoms. The van der Waals surface area contributed by atoms with Gasteiger partial charge in [-0.25, -0.2) is 0 Å². The molecule has 0 unspecified atom stereocenters. The first-order valence-electron chi connectivity index (χ1n) is 6.28. The number of rotatable bonds is 6. The van der Waals surface area contributed by atoms with Crippen molar-refractivity contribution in [1.82, 2.24) is 4.90 Å². The largest absolute Gasteiger partial charge is 0.481 e. The average Bonchev–Trinajstić information content (AvgIpc) is 2.64. The minimum absolute atomic E-state index is 0.213. The highest BCUT2D eigenvalue weighted by Crippen LogP contribution is 2.29. The van der Waals surface area contributed by atoms with Crippen molar-refractivity contribution < 1.29 is 9.90 Å². The molecule has 0 atom stereocenters. The van der Waals surface area contributed by atoms with Gasteiger partial charge in [0.25, 0.3) is 0 Å². The van der Waals surface area contributed by atoms with Crippen molar-refractivity contribution >= 4 is 17.3 Å². The Morgan fingerprint density at radius 2 is 2.06 bits per heavy atom. The summed E-state index contributed by atoms with van der Waals surface area (Å²) in [6.07, 6.45) is 0.964. The fraction of sp³-hybridized carbons (Fsp3) is 0.643. The van der Waals surface area contributed by atoms with Crippen LogP contribution in [-0.2, 0) is 16.8 Å². The second-order valence-corrected chi connectivity index (χ2v) is 6.92. The van der Waals surface area contributed by atoms with E-state index in [-0.39, 0.29) is 11.8 Å². The molecule has 0 aromatic carbocycles. The molecule has 1 N–H and O–H groups in total. The van der Waals surface area contributed by atoms with E-state index in [9.17, 15) is 4.79 Å². The lowest BCUT2D eigenvalue weighted by Gasteiger charge is -2.16. The molecule has 1 rings (SSSR count). The van der Waals surface area contributed by atoms with E-state index in [4.69, 9.17) is 5.11 Å². The summed E-state index contributed by atoms with van der Waals surface area (Å²) in [6, 6.07) is 4.38. The normalized spacial score (nSPS) is 12.1. The molecule has 1 aromatic heterocycles. The maximum absolute atomic E-state index is 10.4. The van der Waals surface area contributed by atoms with Gasteiger partial charge >= 0.3 is 5.97 Å². The highest BCUT2D eigenvalue weighted by Gasteiger charge is 2.16. The maximum atomic E-state index is 10.4. The van der Waals surface area contributed by atoms with Crippen LogP contribution in [0.1, 0.15) is 43.4 Å². The minimum Gasteiger partial charge on any atom is -0.481 e. The van der Waals surface area contributed by atoms with Crippen LogP contribution in [0, 0.1) is 0 Å². The van der Waals surface area contributed by atoms with E-state index in [1.54, 1.807) is 0 Å². The van der Waals surface area contributed by atoms with Gasteiger partial charge in [-0.3, -0.25) is 4.79 Å². The molecule has 0 aliphatic carbocycles. The number of nitrogens with zero attached hydrogens (tertiary/aromatic N) is 1. The lowest BCUT2D eigenvalue weighted by Crippen LogP contribution is -2.19. The van der Waals surface area contributed by atoms with E-state index >= 15 is 0 Å². The van der Waals surface area contributed by atoms with Crippen LogP contribution >= 0.6 is 11.3 Å². The molecule has 0 saturated heterocycles. The molecule has 0 aliphatic heterocycles. The predicted octanol–water partition coefficient (Wildman–Crippen LogP) is 3.34. The topological polar surface area (TPSA) is 40.5 Å². The third kappa shape index (κ3) is 5.19. The van der Waals surface area contributed by atoms with Crippen LogP contribution in [0.2, 0.25) is 0 Å². The van der Waals surface area contributed by atoms with Crippen LogP contribution in [0.25, 0.3) is 0 Å². The molecule has 102 valence electrons. The molecule has 0 amide bonds. The summed E-state index contributed by atoms with van der Waals surface area (Å²) in [5.41, 5.74) is 0.213. The minimum atomic E-state index is -0.713. The van der Waals surface area contributed by atoms with E-state index in [1.807, 2.05) is 18.4 Å². The van der Waals surface area contributed by atoms with Crippen molar-refractivity contribution in [3.63, 3.8) is 0 Å². The summed E-state index contributed by atoms with van der Waals surface area (Å²) < 4.78 is 0. The van der Waals surface area contributed by atoms with Gasteiger partial charge < -0.3 is 10.0 Å². The van der Waals surface area contributed by atoms with Crippen LogP contribution in [-0.4, -0.2) is 29.6 Å². The van der Waals surface area contributed by atoms with Gasteiger partial charge in [0.15, 0.2) is 0 Å². The fourth-order valence-corrected chi connectivity index (χ4v) is 2.86. The summed E-state index contributed by atoms with van der Waals surface area (Å²) in [7, 11) is 2.04. The van der Waals surface area contributed by atoms with Gasteiger partial charge in [0.2, 0.25) is 0 Å². The molecule has 0 aliphatic rings. The molecule has 1 heterocycles. The summed E-state index contributed by atoms with van der Waals surface area (Å²) in [5, 5.41) is 8.59. The van der Waals surface area contributed by atoms with Gasteiger partial charge in [-0.15, -0.1) is 11.3 Å². The van der Waals surface area contributed by atoms with Crippen molar-refractivity contribution in [2.24, 2.45) is 0 Å². The Hall–Kier alpha value is -0.870. The van der Waals surface area contributed by atoms with E-state index in [2.05, 4.69) is 37.8 Å². The predicted molar refractivity (Wildman–Crippen MR) is 76.2 cm³/mol. The lowest BCUT2D eigenvalue weighted by atomic mass is 9.95. The Kier molecular flexibility index (Phi) is 5.35. The van der Waals surface area contributed by atoms with E-state index in [0.29, 0.717) is 6.42 Å². The lowest BCUT2D eigenvalue weighted by molar-refractivity contribution is -0.137. The number of carbonyl (C=O) groups is 1. The number of hydrogen-bond donors (Lipinski definition) is 1. The van der Waals surface area contributed by atoms with E-state index in [0.717, 1.165) is 13.1 Å². The van der Waals surface area contributed by atoms with Crippen molar-refractivity contribution in [3.05, 3.63) is 21.9 Å². The van der Waals surface area contributed by atoms with Crippen molar-refractivity contribution in [1.29, 1.82) is 0 Å².